The third-order valence-electron chi connectivity index (χ3n) is 3.57. The molecule has 0 spiro atoms. The van der Waals surface area contributed by atoms with Gasteiger partial charge in [-0.15, -0.1) is 0 Å². The van der Waals surface area contributed by atoms with Crippen LogP contribution in [-0.4, -0.2) is 37.0 Å². The van der Waals surface area contributed by atoms with Gasteiger partial charge >= 0.3 is 0 Å². The van der Waals surface area contributed by atoms with Crippen molar-refractivity contribution >= 4 is 11.6 Å². The number of aryl methyl sites for hydroxylation is 1. The van der Waals surface area contributed by atoms with Crippen molar-refractivity contribution in [3.63, 3.8) is 0 Å². The Labute approximate surface area is 115 Å². The summed E-state index contributed by atoms with van der Waals surface area (Å²) in [4.78, 5) is 14.1. The number of hydrogen-bond acceptors (Lipinski definition) is 3. The molecule has 0 radical (unpaired) electrons. The zero-order valence-corrected chi connectivity index (χ0v) is 11.4. The molecule has 0 unspecified atom stereocenters. The van der Waals surface area contributed by atoms with Crippen LogP contribution < -0.4 is 11.1 Å². The van der Waals surface area contributed by atoms with E-state index < -0.39 is 0 Å². The van der Waals surface area contributed by atoms with Gasteiger partial charge in [-0.3, -0.25) is 4.79 Å². The lowest BCUT2D eigenvalue weighted by molar-refractivity contribution is -0.121. The number of nitrogen functional groups attached to an aromatic ring is 1. The number of amides is 1. The monoisotopic (exact) mass is 261 g/mol. The maximum atomic E-state index is 11.7. The van der Waals surface area contributed by atoms with Crippen LogP contribution in [0.4, 0.5) is 5.69 Å². The molecule has 1 saturated heterocycles. The molecule has 0 saturated carbocycles. The molecule has 1 fully saturated rings. The van der Waals surface area contributed by atoms with E-state index >= 15 is 0 Å². The number of nitrogens with two attached hydrogens (primary N) is 1. The molecule has 0 aromatic heterocycles. The van der Waals surface area contributed by atoms with Crippen LogP contribution in [0.25, 0.3) is 0 Å². The van der Waals surface area contributed by atoms with Gasteiger partial charge in [-0.25, -0.2) is 0 Å². The molecule has 1 aliphatic rings. The van der Waals surface area contributed by atoms with Gasteiger partial charge in [0.25, 0.3) is 0 Å². The van der Waals surface area contributed by atoms with E-state index in [0.717, 1.165) is 30.8 Å². The molecule has 2 rings (SSSR count). The van der Waals surface area contributed by atoms with E-state index in [1.807, 2.05) is 24.3 Å². The molecule has 1 heterocycles. The van der Waals surface area contributed by atoms with Gasteiger partial charge in [-0.05, 0) is 50.0 Å². The number of likely N-dealkylation sites (tertiary alicyclic amines) is 1. The minimum absolute atomic E-state index is 0.135. The van der Waals surface area contributed by atoms with Gasteiger partial charge in [0.15, 0.2) is 0 Å². The van der Waals surface area contributed by atoms with Crippen LogP contribution in [0.3, 0.4) is 0 Å². The van der Waals surface area contributed by atoms with Crippen LogP contribution >= 0.6 is 0 Å². The Morgan fingerprint density at radius 2 is 1.89 bits per heavy atom. The van der Waals surface area contributed by atoms with Crippen LogP contribution in [0.15, 0.2) is 24.3 Å². The van der Waals surface area contributed by atoms with E-state index in [9.17, 15) is 4.79 Å². The van der Waals surface area contributed by atoms with Crippen LogP contribution in [0.5, 0.6) is 0 Å². The predicted molar refractivity (Wildman–Crippen MR) is 77.9 cm³/mol. The molecule has 1 aromatic carbocycles. The number of carbonyl (C=O) groups excluding carboxylic acids is 1. The minimum Gasteiger partial charge on any atom is -0.399 e. The highest BCUT2D eigenvalue weighted by molar-refractivity contribution is 5.76. The topological polar surface area (TPSA) is 58.4 Å². The molecule has 1 aliphatic heterocycles. The summed E-state index contributed by atoms with van der Waals surface area (Å²) < 4.78 is 0. The molecule has 3 N–H and O–H groups in total. The summed E-state index contributed by atoms with van der Waals surface area (Å²) in [6.45, 7) is 4.11. The lowest BCUT2D eigenvalue weighted by Crippen LogP contribution is -2.33. The zero-order chi connectivity index (χ0) is 13.5. The van der Waals surface area contributed by atoms with Gasteiger partial charge in [0.05, 0.1) is 0 Å². The van der Waals surface area contributed by atoms with Crippen molar-refractivity contribution in [3.8, 4) is 0 Å². The number of anilines is 1. The predicted octanol–water partition coefficient (Wildman–Crippen LogP) is 1.41. The second-order valence-electron chi connectivity index (χ2n) is 5.14. The Kier molecular flexibility index (Phi) is 5.21. The second kappa shape index (κ2) is 7.14. The van der Waals surface area contributed by atoms with Crippen LogP contribution in [0, 0.1) is 0 Å². The summed E-state index contributed by atoms with van der Waals surface area (Å²) in [5.41, 5.74) is 7.54. The Morgan fingerprint density at radius 1 is 1.21 bits per heavy atom. The van der Waals surface area contributed by atoms with Crippen molar-refractivity contribution in [2.24, 2.45) is 0 Å². The molecular weight excluding hydrogens is 238 g/mol. The average molecular weight is 261 g/mol. The summed E-state index contributed by atoms with van der Waals surface area (Å²) in [6.07, 6.45) is 3.91. The highest BCUT2D eigenvalue weighted by Gasteiger charge is 2.10. The Morgan fingerprint density at radius 3 is 2.58 bits per heavy atom. The van der Waals surface area contributed by atoms with E-state index in [-0.39, 0.29) is 5.91 Å². The zero-order valence-electron chi connectivity index (χ0n) is 11.4. The molecule has 4 nitrogen and oxygen atoms in total. The van der Waals surface area contributed by atoms with Gasteiger partial charge < -0.3 is 16.0 Å². The first-order chi connectivity index (χ1) is 9.24. The Bertz CT molecular complexity index is 396. The maximum Gasteiger partial charge on any atom is 0.220 e. The van der Waals surface area contributed by atoms with Crippen molar-refractivity contribution in [2.75, 3.05) is 31.9 Å². The largest absolute Gasteiger partial charge is 0.399 e. The third kappa shape index (κ3) is 4.91. The van der Waals surface area contributed by atoms with Crippen LogP contribution in [0.2, 0.25) is 0 Å². The van der Waals surface area contributed by atoms with E-state index in [2.05, 4.69) is 10.2 Å². The van der Waals surface area contributed by atoms with E-state index in [1.54, 1.807) is 0 Å². The smallest absolute Gasteiger partial charge is 0.220 e. The van der Waals surface area contributed by atoms with Crippen molar-refractivity contribution in [1.82, 2.24) is 10.2 Å². The quantitative estimate of drug-likeness (QED) is 0.761. The summed E-state index contributed by atoms with van der Waals surface area (Å²) in [5.74, 6) is 0.135. The third-order valence-corrected chi connectivity index (χ3v) is 3.57. The van der Waals surface area contributed by atoms with Crippen molar-refractivity contribution in [2.45, 2.75) is 25.7 Å². The normalized spacial score (nSPS) is 15.6. The maximum absolute atomic E-state index is 11.7. The van der Waals surface area contributed by atoms with Gasteiger partial charge in [0.2, 0.25) is 5.91 Å². The molecule has 19 heavy (non-hydrogen) atoms. The van der Waals surface area contributed by atoms with Crippen LogP contribution in [-0.2, 0) is 11.2 Å². The highest BCUT2D eigenvalue weighted by Crippen LogP contribution is 2.08. The summed E-state index contributed by atoms with van der Waals surface area (Å²) in [5, 5.41) is 2.99. The van der Waals surface area contributed by atoms with Gasteiger partial charge in [0.1, 0.15) is 0 Å². The molecule has 0 aliphatic carbocycles. The molecule has 4 heteroatoms. The van der Waals surface area contributed by atoms with Crippen molar-refractivity contribution in [3.05, 3.63) is 29.8 Å². The average Bonchev–Trinajstić information content (AvgIpc) is 2.91. The van der Waals surface area contributed by atoms with Crippen molar-refractivity contribution in [1.29, 1.82) is 0 Å². The number of rotatable bonds is 6. The first-order valence-electron chi connectivity index (χ1n) is 7.07. The number of nitrogens with one attached hydrogen (secondary N) is 1. The number of nitrogens with zero attached hydrogens (tertiary/aromatic N) is 1. The van der Waals surface area contributed by atoms with Crippen molar-refractivity contribution < 1.29 is 4.79 Å². The molecule has 0 atom stereocenters. The molecule has 1 amide bonds. The first kappa shape index (κ1) is 13.9. The second-order valence-corrected chi connectivity index (χ2v) is 5.14. The van der Waals surface area contributed by atoms with Crippen LogP contribution in [0.1, 0.15) is 24.8 Å². The standard InChI is InChI=1S/C15H23N3O/c16-14-6-3-13(4-7-14)5-8-15(19)17-9-12-18-10-1-2-11-18/h3-4,6-7H,1-2,5,8-12,16H2,(H,17,19). The highest BCUT2D eigenvalue weighted by atomic mass is 16.1. The minimum atomic E-state index is 0.135. The SMILES string of the molecule is Nc1ccc(CCC(=O)NCCN2CCCC2)cc1. The summed E-state index contributed by atoms with van der Waals surface area (Å²) >= 11 is 0. The van der Waals surface area contributed by atoms with Gasteiger partial charge in [-0.2, -0.15) is 0 Å². The lowest BCUT2D eigenvalue weighted by Gasteiger charge is -2.14. The Balaban J connectivity index is 1.60. The summed E-state index contributed by atoms with van der Waals surface area (Å²) in [6, 6.07) is 7.71. The fourth-order valence-corrected chi connectivity index (χ4v) is 2.39. The molecule has 1 aromatic rings. The first-order valence-corrected chi connectivity index (χ1v) is 7.07. The van der Waals surface area contributed by atoms with E-state index in [4.69, 9.17) is 5.73 Å². The van der Waals surface area contributed by atoms with E-state index in [1.165, 1.54) is 25.9 Å². The van der Waals surface area contributed by atoms with E-state index in [0.29, 0.717) is 6.42 Å². The molecular formula is C15H23N3O. The molecule has 0 bridgehead atoms. The number of carbonyl (C=O) groups is 1. The number of benzene rings is 1. The Hall–Kier alpha value is -1.55. The fraction of sp³-hybridized carbons (Fsp3) is 0.533. The summed E-state index contributed by atoms with van der Waals surface area (Å²) in [7, 11) is 0. The number of hydrogen-bond donors (Lipinski definition) is 2. The fourth-order valence-electron chi connectivity index (χ4n) is 2.39. The van der Waals surface area contributed by atoms with Gasteiger partial charge in [0, 0.05) is 25.2 Å². The molecule has 104 valence electrons. The van der Waals surface area contributed by atoms with Gasteiger partial charge in [-0.1, -0.05) is 12.1 Å². The lowest BCUT2D eigenvalue weighted by atomic mass is 10.1.